The molecule has 18 nitrogen and oxygen atoms in total. The lowest BCUT2D eigenvalue weighted by atomic mass is 10.2. The van der Waals surface area contributed by atoms with Crippen LogP contribution in [0.1, 0.15) is 0 Å². The van der Waals surface area contributed by atoms with Gasteiger partial charge in [0.2, 0.25) is 0 Å². The number of nitrogens with zero attached hydrogens (tertiary/aromatic N) is 4. The van der Waals surface area contributed by atoms with Crippen molar-refractivity contribution >= 4 is 95.0 Å². The Kier molecular flexibility index (Phi) is 10.3. The van der Waals surface area contributed by atoms with Crippen molar-refractivity contribution in [2.24, 2.45) is 0 Å². The van der Waals surface area contributed by atoms with E-state index in [1.165, 1.54) is 48.5 Å². The highest BCUT2D eigenvalue weighted by Crippen LogP contribution is 2.32. The van der Waals surface area contributed by atoms with Gasteiger partial charge in [-0.2, -0.15) is 10.2 Å². The summed E-state index contributed by atoms with van der Waals surface area (Å²) in [6, 6.07) is 35.9. The minimum atomic E-state index is -4.16. The Morgan fingerprint density at radius 3 is 1.16 bits per heavy atom. The molecule has 0 aliphatic rings. The van der Waals surface area contributed by atoms with Crippen LogP contribution < -0.4 is 9.44 Å². The quantitative estimate of drug-likeness (QED) is 0.0844. The number of aromatic amines is 4. The molecule has 0 saturated carbocycles. The Morgan fingerprint density at radius 1 is 0.422 bits per heavy atom. The summed E-state index contributed by atoms with van der Waals surface area (Å²) in [6.07, 6.45) is 1.94. The van der Waals surface area contributed by atoms with Crippen molar-refractivity contribution in [3.05, 3.63) is 133 Å². The van der Waals surface area contributed by atoms with Crippen LogP contribution in [0.5, 0.6) is 0 Å². The van der Waals surface area contributed by atoms with Crippen molar-refractivity contribution < 1.29 is 33.7 Å². The number of hydrogen-bond donors (Lipinski definition) is 6. The van der Waals surface area contributed by atoms with Gasteiger partial charge in [0, 0.05) is 34.7 Å². The van der Waals surface area contributed by atoms with Crippen LogP contribution in [-0.4, -0.2) is 86.5 Å². The number of fused-ring (bicyclic) bond motifs is 4. The van der Waals surface area contributed by atoms with Crippen molar-refractivity contribution in [3.63, 3.8) is 0 Å². The second-order valence-electron chi connectivity index (χ2n) is 14.5. The summed E-state index contributed by atoms with van der Waals surface area (Å²) >= 11 is 0. The third-order valence-electron chi connectivity index (χ3n) is 9.93. The molecule has 0 aliphatic carbocycles. The minimum absolute atomic E-state index is 0.263. The molecule has 0 bridgehead atoms. The Hall–Kier alpha value is -7.40. The number of anilines is 2. The fourth-order valence-electron chi connectivity index (χ4n) is 7.02. The molecule has 6 N–H and O–H groups in total. The first-order valence-electron chi connectivity index (χ1n) is 18.9. The highest BCUT2D eigenvalue weighted by molar-refractivity contribution is 7.95. The second-order valence-corrected chi connectivity index (χ2v) is 21.8. The van der Waals surface area contributed by atoms with Crippen LogP contribution >= 0.6 is 0 Å². The molecule has 4 aromatic heterocycles. The average Bonchev–Trinajstić information content (AvgIpc) is 4.07. The number of hydrogen-bond acceptors (Lipinski definition) is 12. The first-order valence-corrected chi connectivity index (χ1v) is 25.7. The fraction of sp³-hybridized carbons (Fsp3) is 0.0476. The summed E-state index contributed by atoms with van der Waals surface area (Å²) in [5, 5.41) is 15.8. The standard InChI is InChI=1S/2C21H17N5O4S2/c2*1-31(27,28)18-8-4-5-9-19(18)32(29,30)26-13-10-11-15-14(12-13)20(25-24-15)21-22-16-6-2-3-7-17(16)23-21/h2*2-12,26H,1H3,(H,22,23)(H,24,25). The van der Waals surface area contributed by atoms with E-state index in [0.717, 1.165) is 34.6 Å². The molecule has 0 amide bonds. The number of nitrogens with one attached hydrogen (secondary N) is 6. The van der Waals surface area contributed by atoms with Crippen molar-refractivity contribution in [2.75, 3.05) is 22.0 Å². The van der Waals surface area contributed by atoms with Gasteiger partial charge in [-0.05, 0) is 84.9 Å². The lowest BCUT2D eigenvalue weighted by Crippen LogP contribution is -2.16. The summed E-state index contributed by atoms with van der Waals surface area (Å²) in [6.45, 7) is 0. The van der Waals surface area contributed by atoms with Crippen molar-refractivity contribution in [3.8, 4) is 23.0 Å². The van der Waals surface area contributed by atoms with Gasteiger partial charge in [-0.1, -0.05) is 48.5 Å². The summed E-state index contributed by atoms with van der Waals surface area (Å²) in [5.41, 5.74) is 6.27. The van der Waals surface area contributed by atoms with Gasteiger partial charge in [-0.3, -0.25) is 19.6 Å². The van der Waals surface area contributed by atoms with Crippen molar-refractivity contribution in [1.29, 1.82) is 0 Å². The molecule has 10 rings (SSSR count). The van der Waals surface area contributed by atoms with Gasteiger partial charge < -0.3 is 9.97 Å². The third-order valence-corrected chi connectivity index (χ3v) is 15.4. The summed E-state index contributed by atoms with van der Waals surface area (Å²) in [4.78, 5) is 14.4. The molecule has 0 aliphatic heterocycles. The van der Waals surface area contributed by atoms with Gasteiger partial charge in [0.05, 0.1) is 42.9 Å². The maximum Gasteiger partial charge on any atom is 0.263 e. The molecule has 0 unspecified atom stereocenters. The summed E-state index contributed by atoms with van der Waals surface area (Å²) in [5.74, 6) is 1.08. The third kappa shape index (κ3) is 8.17. The van der Waals surface area contributed by atoms with E-state index in [1.807, 2.05) is 48.5 Å². The topological polar surface area (TPSA) is 275 Å². The number of aromatic nitrogens is 8. The van der Waals surface area contributed by atoms with E-state index in [2.05, 4.69) is 49.8 Å². The van der Waals surface area contributed by atoms with E-state index in [4.69, 9.17) is 0 Å². The second kappa shape index (κ2) is 15.7. The van der Waals surface area contributed by atoms with Crippen LogP contribution in [-0.2, 0) is 39.7 Å². The zero-order valence-corrected chi connectivity index (χ0v) is 36.7. The molecule has 64 heavy (non-hydrogen) atoms. The number of H-pyrrole nitrogens is 4. The van der Waals surface area contributed by atoms with Crippen LogP contribution in [0, 0.1) is 0 Å². The van der Waals surface area contributed by atoms with Crippen molar-refractivity contribution in [1.82, 2.24) is 40.3 Å². The van der Waals surface area contributed by atoms with Crippen LogP contribution in [0.4, 0.5) is 11.4 Å². The molecule has 0 atom stereocenters. The molecule has 10 aromatic rings. The zero-order valence-electron chi connectivity index (χ0n) is 33.4. The molecular weight excluding hydrogens is 901 g/mol. The summed E-state index contributed by atoms with van der Waals surface area (Å²) < 4.78 is 105. The normalized spacial score (nSPS) is 12.4. The van der Waals surface area contributed by atoms with Gasteiger partial charge in [-0.15, -0.1) is 0 Å². The molecule has 0 fully saturated rings. The number of sulfonamides is 2. The predicted octanol–water partition coefficient (Wildman–Crippen LogP) is 6.62. The maximum atomic E-state index is 13.0. The van der Waals surface area contributed by atoms with Gasteiger partial charge in [-0.25, -0.2) is 43.6 Å². The van der Waals surface area contributed by atoms with E-state index in [-0.39, 0.29) is 31.0 Å². The highest BCUT2D eigenvalue weighted by atomic mass is 32.2. The molecular formula is C42H34N10O8S4. The van der Waals surface area contributed by atoms with Crippen LogP contribution in [0.3, 0.4) is 0 Å². The number of rotatable bonds is 10. The average molecular weight is 935 g/mol. The predicted molar refractivity (Wildman–Crippen MR) is 243 cm³/mol. The Morgan fingerprint density at radius 2 is 0.781 bits per heavy atom. The van der Waals surface area contributed by atoms with Gasteiger partial charge in [0.25, 0.3) is 20.0 Å². The number of sulfone groups is 2. The van der Waals surface area contributed by atoms with Crippen LogP contribution in [0.15, 0.2) is 153 Å². The van der Waals surface area contributed by atoms with E-state index < -0.39 is 39.7 Å². The lowest BCUT2D eigenvalue weighted by molar-refractivity contribution is 0.588. The summed E-state index contributed by atoms with van der Waals surface area (Å²) in [7, 11) is -15.8. The van der Waals surface area contributed by atoms with E-state index in [0.29, 0.717) is 44.8 Å². The van der Waals surface area contributed by atoms with E-state index in [9.17, 15) is 33.7 Å². The fourth-order valence-corrected chi connectivity index (χ4v) is 12.4. The Bertz CT molecular complexity index is 3590. The number of benzene rings is 6. The SMILES string of the molecule is CS(=O)(=O)c1ccccc1S(=O)(=O)Nc1ccc2[nH]nc(-c3nc4ccccc4[nH]3)c2c1.CS(=O)(=O)c1ccccc1S(=O)(=O)Nc1ccc2[nH]nc(-c3nc4ccccc4[nH]3)c2c1. The first-order chi connectivity index (χ1) is 30.4. The zero-order chi connectivity index (χ0) is 45.0. The van der Waals surface area contributed by atoms with Gasteiger partial charge in [0.15, 0.2) is 31.3 Å². The largest absolute Gasteiger partial charge is 0.337 e. The Balaban J connectivity index is 0.000000162. The molecule has 22 heteroatoms. The van der Waals surface area contributed by atoms with Crippen molar-refractivity contribution in [2.45, 2.75) is 19.6 Å². The number of imidazole rings is 2. The van der Waals surface area contributed by atoms with Crippen LogP contribution in [0.2, 0.25) is 0 Å². The van der Waals surface area contributed by atoms with Gasteiger partial charge in [0.1, 0.15) is 21.2 Å². The van der Waals surface area contributed by atoms with Crippen LogP contribution in [0.25, 0.3) is 66.9 Å². The first kappa shape index (κ1) is 41.9. The minimum Gasteiger partial charge on any atom is -0.337 e. The van der Waals surface area contributed by atoms with Gasteiger partial charge >= 0.3 is 0 Å². The lowest BCUT2D eigenvalue weighted by Gasteiger charge is -2.11. The monoisotopic (exact) mass is 934 g/mol. The maximum absolute atomic E-state index is 13.0. The molecule has 4 heterocycles. The smallest absolute Gasteiger partial charge is 0.263 e. The molecule has 324 valence electrons. The molecule has 0 saturated heterocycles. The molecule has 0 radical (unpaired) electrons. The van der Waals surface area contributed by atoms with E-state index >= 15 is 0 Å². The van der Waals surface area contributed by atoms with E-state index in [1.54, 1.807) is 36.4 Å². The molecule has 6 aromatic carbocycles. The highest BCUT2D eigenvalue weighted by Gasteiger charge is 2.26. The number of para-hydroxylation sites is 4. The molecule has 0 spiro atoms. The Labute approximate surface area is 365 Å².